The fourth-order valence-electron chi connectivity index (χ4n) is 0.205. The van der Waals surface area contributed by atoms with Crippen molar-refractivity contribution in [3.05, 3.63) is 0 Å². The molecule has 0 heterocycles. The molecule has 4 nitrogen and oxygen atoms in total. The van der Waals surface area contributed by atoms with Gasteiger partial charge in [0.05, 0.1) is 12.3 Å². The molecule has 0 radical (unpaired) electrons. The maximum absolute atomic E-state index is 10.2. The second-order valence-electron chi connectivity index (χ2n) is 1.78. The van der Waals surface area contributed by atoms with E-state index < -0.39 is 5.91 Å². The van der Waals surface area contributed by atoms with Gasteiger partial charge in [-0.2, -0.15) is 0 Å². The van der Waals surface area contributed by atoms with Crippen LogP contribution in [0.25, 0.3) is 0 Å². The summed E-state index contributed by atoms with van der Waals surface area (Å²) >= 11 is 0. The van der Waals surface area contributed by atoms with Crippen molar-refractivity contribution >= 4 is 12.1 Å². The summed E-state index contributed by atoms with van der Waals surface area (Å²) in [5, 5.41) is 6.44. The lowest BCUT2D eigenvalue weighted by atomic mass is 10.5. The number of rotatable bonds is 3. The van der Waals surface area contributed by atoms with E-state index in [4.69, 9.17) is 5.41 Å². The summed E-state index contributed by atoms with van der Waals surface area (Å²) in [5.74, 6) is -0.538. The van der Waals surface area contributed by atoms with Gasteiger partial charge in [0.15, 0.2) is 0 Å². The van der Waals surface area contributed by atoms with E-state index in [1.807, 2.05) is 5.48 Å². The summed E-state index contributed by atoms with van der Waals surface area (Å²) in [7, 11) is 0. The first-order chi connectivity index (χ1) is 4.16. The summed E-state index contributed by atoms with van der Waals surface area (Å²) in [5.41, 5.74) is 2.05. The van der Waals surface area contributed by atoms with E-state index >= 15 is 0 Å². The molecule has 9 heavy (non-hydrogen) atoms. The van der Waals surface area contributed by atoms with Crippen LogP contribution < -0.4 is 5.48 Å². The van der Waals surface area contributed by atoms with E-state index in [1.54, 1.807) is 13.8 Å². The fourth-order valence-corrected chi connectivity index (χ4v) is 0.205. The lowest BCUT2D eigenvalue weighted by Gasteiger charge is -2.04. The van der Waals surface area contributed by atoms with Crippen LogP contribution in [0.3, 0.4) is 0 Å². The highest BCUT2D eigenvalue weighted by Crippen LogP contribution is 1.80. The molecule has 52 valence electrons. The predicted molar refractivity (Wildman–Crippen MR) is 33.1 cm³/mol. The van der Waals surface area contributed by atoms with E-state index in [1.165, 1.54) is 0 Å². The van der Waals surface area contributed by atoms with Crippen molar-refractivity contribution in [2.24, 2.45) is 0 Å². The third-order valence-corrected chi connectivity index (χ3v) is 0.526. The van der Waals surface area contributed by atoms with Gasteiger partial charge in [0.1, 0.15) is 0 Å². The number of nitrogens with one attached hydrogen (secondary N) is 2. The van der Waals surface area contributed by atoms with Gasteiger partial charge in [-0.05, 0) is 13.8 Å². The number of amides is 1. The second kappa shape index (κ2) is 4.03. The van der Waals surface area contributed by atoms with E-state index in [9.17, 15) is 4.79 Å². The van der Waals surface area contributed by atoms with E-state index in [0.29, 0.717) is 6.21 Å². The van der Waals surface area contributed by atoms with E-state index in [0.717, 1.165) is 0 Å². The topological polar surface area (TPSA) is 62.2 Å². The minimum absolute atomic E-state index is 0.0473. The van der Waals surface area contributed by atoms with Gasteiger partial charge in [-0.1, -0.05) is 0 Å². The molecule has 0 saturated carbocycles. The number of carbonyl (C=O) groups excluding carboxylic acids is 1. The van der Waals surface area contributed by atoms with Crippen molar-refractivity contribution in [1.29, 1.82) is 5.41 Å². The van der Waals surface area contributed by atoms with Crippen molar-refractivity contribution in [3.8, 4) is 0 Å². The molecule has 0 aliphatic carbocycles. The molecule has 1 amide bonds. The summed E-state index contributed by atoms with van der Waals surface area (Å²) in [6.45, 7) is 3.56. The van der Waals surface area contributed by atoms with E-state index in [2.05, 4.69) is 4.84 Å². The van der Waals surface area contributed by atoms with Crippen LogP contribution in [0.5, 0.6) is 0 Å². The molecule has 0 spiro atoms. The Labute approximate surface area is 53.7 Å². The first-order valence-corrected chi connectivity index (χ1v) is 2.63. The molecule has 0 unspecified atom stereocenters. The van der Waals surface area contributed by atoms with Gasteiger partial charge in [0.25, 0.3) is 5.91 Å². The minimum Gasteiger partial charge on any atom is -0.303 e. The van der Waals surface area contributed by atoms with Crippen LogP contribution in [0.4, 0.5) is 0 Å². The molecule has 0 rings (SSSR count). The highest BCUT2D eigenvalue weighted by molar-refractivity contribution is 6.24. The molecule has 0 aromatic carbocycles. The molecular formula is C5H10N2O2. The van der Waals surface area contributed by atoms with Gasteiger partial charge in [-0.3, -0.25) is 9.63 Å². The van der Waals surface area contributed by atoms with Crippen LogP contribution in [0.15, 0.2) is 0 Å². The van der Waals surface area contributed by atoms with Crippen LogP contribution in [0.1, 0.15) is 13.8 Å². The molecule has 0 aromatic heterocycles. The average Bonchev–Trinajstić information content (AvgIpc) is 1.83. The zero-order valence-corrected chi connectivity index (χ0v) is 5.47. The maximum Gasteiger partial charge on any atom is 0.285 e. The third-order valence-electron chi connectivity index (χ3n) is 0.526. The van der Waals surface area contributed by atoms with Crippen molar-refractivity contribution in [2.45, 2.75) is 20.0 Å². The largest absolute Gasteiger partial charge is 0.303 e. The Morgan fingerprint density at radius 2 is 2.33 bits per heavy atom. The minimum atomic E-state index is -0.538. The number of hydrogen-bond acceptors (Lipinski definition) is 3. The maximum atomic E-state index is 10.2. The molecule has 0 fully saturated rings. The Balaban J connectivity index is 3.27. The monoisotopic (exact) mass is 130 g/mol. The summed E-state index contributed by atoms with van der Waals surface area (Å²) in [6.07, 6.45) is 0.608. The molecule has 0 saturated heterocycles. The van der Waals surface area contributed by atoms with Crippen molar-refractivity contribution in [1.82, 2.24) is 5.48 Å². The van der Waals surface area contributed by atoms with Crippen LogP contribution in [-0.4, -0.2) is 18.2 Å². The van der Waals surface area contributed by atoms with Gasteiger partial charge in [0.2, 0.25) is 0 Å². The molecule has 0 aromatic rings. The Hall–Kier alpha value is -0.900. The van der Waals surface area contributed by atoms with Crippen molar-refractivity contribution in [3.63, 3.8) is 0 Å². The first kappa shape index (κ1) is 8.10. The molecule has 0 bridgehead atoms. The number of carbonyl (C=O) groups is 1. The molecule has 0 aliphatic rings. The van der Waals surface area contributed by atoms with Crippen molar-refractivity contribution < 1.29 is 9.63 Å². The lowest BCUT2D eigenvalue weighted by Crippen LogP contribution is -2.27. The number of hydrogen-bond donors (Lipinski definition) is 2. The zero-order valence-electron chi connectivity index (χ0n) is 5.47. The van der Waals surface area contributed by atoms with Crippen LogP contribution >= 0.6 is 0 Å². The van der Waals surface area contributed by atoms with Crippen LogP contribution in [-0.2, 0) is 9.63 Å². The molecule has 4 heteroatoms. The van der Waals surface area contributed by atoms with Gasteiger partial charge < -0.3 is 5.41 Å². The van der Waals surface area contributed by atoms with Gasteiger partial charge in [-0.15, -0.1) is 0 Å². The SMILES string of the molecule is CC(C)ONC(=O)C=N. The highest BCUT2D eigenvalue weighted by Gasteiger charge is 1.95. The molecule has 2 N–H and O–H groups in total. The fraction of sp³-hybridized carbons (Fsp3) is 0.600. The average molecular weight is 130 g/mol. The second-order valence-corrected chi connectivity index (χ2v) is 1.78. The molecular weight excluding hydrogens is 120 g/mol. The number of hydroxylamine groups is 1. The summed E-state index contributed by atoms with van der Waals surface area (Å²) < 4.78 is 0. The summed E-state index contributed by atoms with van der Waals surface area (Å²) in [6, 6.07) is 0. The first-order valence-electron chi connectivity index (χ1n) is 2.63. The zero-order chi connectivity index (χ0) is 7.28. The van der Waals surface area contributed by atoms with Crippen LogP contribution in [0, 0.1) is 5.41 Å². The van der Waals surface area contributed by atoms with Crippen molar-refractivity contribution in [2.75, 3.05) is 0 Å². The summed E-state index contributed by atoms with van der Waals surface area (Å²) in [4.78, 5) is 14.9. The third kappa shape index (κ3) is 4.96. The highest BCUT2D eigenvalue weighted by atomic mass is 16.7. The van der Waals surface area contributed by atoms with E-state index in [-0.39, 0.29) is 6.10 Å². The predicted octanol–water partition coefficient (Wildman–Crippen LogP) is 0.0922. The Morgan fingerprint density at radius 3 is 2.67 bits per heavy atom. The van der Waals surface area contributed by atoms with Gasteiger partial charge >= 0.3 is 0 Å². The smallest absolute Gasteiger partial charge is 0.285 e. The standard InChI is InChI=1S/C5H10N2O2/c1-4(2)9-7-5(8)3-6/h3-4,6H,1-2H3,(H,7,8). The quantitative estimate of drug-likeness (QED) is 0.420. The van der Waals surface area contributed by atoms with Gasteiger partial charge in [-0.25, -0.2) is 5.48 Å². The van der Waals surface area contributed by atoms with Gasteiger partial charge in [0, 0.05) is 0 Å². The molecule has 0 atom stereocenters. The van der Waals surface area contributed by atoms with Crippen LogP contribution in [0.2, 0.25) is 0 Å². The normalized spacial score (nSPS) is 9.22. The Morgan fingerprint density at radius 1 is 1.78 bits per heavy atom. The lowest BCUT2D eigenvalue weighted by molar-refractivity contribution is -0.129. The Bertz CT molecular complexity index is 112. The molecule has 0 aliphatic heterocycles. The Kier molecular flexibility index (Phi) is 3.62.